The fourth-order valence-corrected chi connectivity index (χ4v) is 4.90. The number of aryl methyl sites for hydroxylation is 1. The van der Waals surface area contributed by atoms with Gasteiger partial charge >= 0.3 is 0 Å². The molecule has 0 spiro atoms. The number of rotatable bonds is 3. The Bertz CT molecular complexity index is 1250. The number of hydrogen-bond donors (Lipinski definition) is 0. The van der Waals surface area contributed by atoms with Gasteiger partial charge in [-0.3, -0.25) is 9.69 Å². The molecule has 0 saturated carbocycles. The SMILES string of the molecule is C[C@@H]1CN(c2cc(=O)n(C)c3ccc(C#N)nc23)[C@@H](C)CN1Cc1cc(C#N)cs1. The van der Waals surface area contributed by atoms with E-state index in [1.165, 1.54) is 4.88 Å². The van der Waals surface area contributed by atoms with Gasteiger partial charge in [-0.2, -0.15) is 10.5 Å². The summed E-state index contributed by atoms with van der Waals surface area (Å²) in [4.78, 5) is 22.9. The van der Waals surface area contributed by atoms with E-state index in [1.54, 1.807) is 41.2 Å². The number of thiophene rings is 1. The number of pyridine rings is 2. The van der Waals surface area contributed by atoms with Crippen molar-refractivity contribution in [2.75, 3.05) is 18.0 Å². The van der Waals surface area contributed by atoms with E-state index in [-0.39, 0.29) is 17.6 Å². The van der Waals surface area contributed by atoms with Crippen molar-refractivity contribution in [2.45, 2.75) is 32.5 Å². The fraction of sp³-hybridized carbons (Fsp3) is 0.364. The minimum absolute atomic E-state index is 0.0890. The summed E-state index contributed by atoms with van der Waals surface area (Å²) >= 11 is 1.62. The molecular weight excluding hydrogens is 396 g/mol. The first-order valence-electron chi connectivity index (χ1n) is 9.80. The quantitative estimate of drug-likeness (QED) is 0.650. The van der Waals surface area contributed by atoms with Crippen LogP contribution in [0.5, 0.6) is 0 Å². The molecular formula is C22H22N6OS. The van der Waals surface area contributed by atoms with Crippen molar-refractivity contribution in [3.8, 4) is 12.1 Å². The molecule has 7 nitrogen and oxygen atoms in total. The van der Waals surface area contributed by atoms with Gasteiger partial charge in [0.25, 0.3) is 5.56 Å². The number of aromatic nitrogens is 2. The molecule has 0 amide bonds. The van der Waals surface area contributed by atoms with Crippen molar-refractivity contribution < 1.29 is 0 Å². The number of nitrogens with zero attached hydrogens (tertiary/aromatic N) is 6. The number of fused-ring (bicyclic) bond motifs is 1. The Balaban J connectivity index is 1.66. The number of hydrogen-bond acceptors (Lipinski definition) is 7. The maximum atomic E-state index is 12.6. The maximum Gasteiger partial charge on any atom is 0.252 e. The molecule has 30 heavy (non-hydrogen) atoms. The summed E-state index contributed by atoms with van der Waals surface area (Å²) in [7, 11) is 1.72. The minimum Gasteiger partial charge on any atom is -0.364 e. The zero-order valence-corrected chi connectivity index (χ0v) is 18.0. The molecule has 0 N–H and O–H groups in total. The van der Waals surface area contributed by atoms with Gasteiger partial charge in [0, 0.05) is 55.1 Å². The van der Waals surface area contributed by atoms with E-state index in [4.69, 9.17) is 5.26 Å². The molecule has 4 heterocycles. The van der Waals surface area contributed by atoms with Crippen molar-refractivity contribution >= 4 is 28.1 Å². The van der Waals surface area contributed by atoms with E-state index >= 15 is 0 Å². The molecule has 1 aliphatic rings. The van der Waals surface area contributed by atoms with Crippen LogP contribution in [0.2, 0.25) is 0 Å². The van der Waals surface area contributed by atoms with Gasteiger partial charge in [-0.05, 0) is 32.0 Å². The van der Waals surface area contributed by atoms with Crippen LogP contribution in [-0.2, 0) is 13.6 Å². The number of anilines is 1. The molecule has 0 radical (unpaired) electrons. The normalized spacial score (nSPS) is 19.6. The summed E-state index contributed by atoms with van der Waals surface area (Å²) in [5.74, 6) is 0. The minimum atomic E-state index is -0.0890. The Kier molecular flexibility index (Phi) is 5.29. The summed E-state index contributed by atoms with van der Waals surface area (Å²) in [6.45, 7) is 6.70. The van der Waals surface area contributed by atoms with Crippen molar-refractivity contribution in [3.63, 3.8) is 0 Å². The third kappa shape index (κ3) is 3.56. The van der Waals surface area contributed by atoms with Gasteiger partial charge in [-0.1, -0.05) is 0 Å². The lowest BCUT2D eigenvalue weighted by atomic mass is 10.1. The monoisotopic (exact) mass is 418 g/mol. The average molecular weight is 419 g/mol. The van der Waals surface area contributed by atoms with E-state index in [2.05, 4.69) is 40.8 Å². The standard InChI is InChI=1S/C22H22N6OS/c1-14-11-28(15(2)10-27(14)12-18-6-16(8-23)13-30-18)20-7-21(29)26(3)19-5-4-17(9-24)25-22(19)20/h4-7,13-15H,10-12H2,1-3H3/t14-,15+/m1/s1. The highest BCUT2D eigenvalue weighted by Crippen LogP contribution is 2.29. The smallest absolute Gasteiger partial charge is 0.252 e. The van der Waals surface area contributed by atoms with E-state index in [1.807, 2.05) is 11.4 Å². The topological polar surface area (TPSA) is 88.9 Å². The van der Waals surface area contributed by atoms with Crippen LogP contribution in [0.25, 0.3) is 11.0 Å². The molecule has 1 fully saturated rings. The van der Waals surface area contributed by atoms with Crippen LogP contribution in [0.4, 0.5) is 5.69 Å². The van der Waals surface area contributed by atoms with Crippen LogP contribution in [0.3, 0.4) is 0 Å². The van der Waals surface area contributed by atoms with Gasteiger partial charge < -0.3 is 9.47 Å². The Hall–Kier alpha value is -3.20. The molecule has 1 aliphatic heterocycles. The van der Waals surface area contributed by atoms with Crippen LogP contribution in [0.1, 0.15) is 30.0 Å². The lowest BCUT2D eigenvalue weighted by Gasteiger charge is -2.45. The van der Waals surface area contributed by atoms with Crippen molar-refractivity contribution in [1.29, 1.82) is 10.5 Å². The van der Waals surface area contributed by atoms with Gasteiger partial charge in [-0.15, -0.1) is 11.3 Å². The molecule has 3 aromatic rings. The number of piperazine rings is 1. The largest absolute Gasteiger partial charge is 0.364 e. The molecule has 0 aliphatic carbocycles. The van der Waals surface area contributed by atoms with E-state index < -0.39 is 0 Å². The van der Waals surface area contributed by atoms with E-state index in [9.17, 15) is 10.1 Å². The Morgan fingerprint density at radius 3 is 2.67 bits per heavy atom. The second kappa shape index (κ2) is 7.91. The second-order valence-corrected chi connectivity index (χ2v) is 8.79. The first kappa shape index (κ1) is 20.1. The summed E-state index contributed by atoms with van der Waals surface area (Å²) in [6, 6.07) is 11.7. The van der Waals surface area contributed by atoms with Gasteiger partial charge in [0.05, 0.1) is 16.8 Å². The highest BCUT2D eigenvalue weighted by molar-refractivity contribution is 7.10. The third-order valence-corrected chi connectivity index (χ3v) is 6.67. The Morgan fingerprint density at radius 1 is 1.17 bits per heavy atom. The van der Waals surface area contributed by atoms with Crippen molar-refractivity contribution in [2.24, 2.45) is 7.05 Å². The van der Waals surface area contributed by atoms with Crippen LogP contribution in [0, 0.1) is 22.7 Å². The molecule has 0 bridgehead atoms. The predicted molar refractivity (Wildman–Crippen MR) is 117 cm³/mol. The summed E-state index contributed by atoms with van der Waals surface area (Å²) < 4.78 is 1.57. The lowest BCUT2D eigenvalue weighted by Crippen LogP contribution is -2.56. The van der Waals surface area contributed by atoms with Crippen LogP contribution < -0.4 is 10.5 Å². The molecule has 0 unspecified atom stereocenters. The first-order valence-corrected chi connectivity index (χ1v) is 10.7. The van der Waals surface area contributed by atoms with Crippen LogP contribution in [-0.4, -0.2) is 39.6 Å². The van der Waals surface area contributed by atoms with Gasteiger partial charge in [0.2, 0.25) is 0 Å². The number of nitriles is 2. The third-order valence-electron chi connectivity index (χ3n) is 5.75. The van der Waals surface area contributed by atoms with Crippen LogP contribution >= 0.6 is 11.3 Å². The molecule has 2 atom stereocenters. The molecule has 4 rings (SSSR count). The van der Waals surface area contributed by atoms with Gasteiger partial charge in [0.1, 0.15) is 23.3 Å². The maximum absolute atomic E-state index is 12.6. The summed E-state index contributed by atoms with van der Waals surface area (Å²) in [6.07, 6.45) is 0. The summed E-state index contributed by atoms with van der Waals surface area (Å²) in [5, 5.41) is 20.2. The van der Waals surface area contributed by atoms with Gasteiger partial charge in [0.15, 0.2) is 0 Å². The predicted octanol–water partition coefficient (Wildman–Crippen LogP) is 2.84. The molecule has 8 heteroatoms. The average Bonchev–Trinajstić information content (AvgIpc) is 3.20. The zero-order chi connectivity index (χ0) is 21.4. The van der Waals surface area contributed by atoms with Crippen molar-refractivity contribution in [3.05, 3.63) is 56.1 Å². The molecule has 1 saturated heterocycles. The van der Waals surface area contributed by atoms with E-state index in [0.717, 1.165) is 30.8 Å². The van der Waals surface area contributed by atoms with Crippen LogP contribution in [0.15, 0.2) is 34.4 Å². The van der Waals surface area contributed by atoms with Crippen molar-refractivity contribution in [1.82, 2.24) is 14.5 Å². The Labute approximate surface area is 179 Å². The highest BCUT2D eigenvalue weighted by atomic mass is 32.1. The first-order chi connectivity index (χ1) is 14.4. The zero-order valence-electron chi connectivity index (χ0n) is 17.2. The molecule has 152 valence electrons. The molecule has 0 aromatic carbocycles. The summed E-state index contributed by atoms with van der Waals surface area (Å²) in [5.41, 5.74) is 3.15. The fourth-order valence-electron chi connectivity index (χ4n) is 4.07. The van der Waals surface area contributed by atoms with E-state index in [0.29, 0.717) is 16.8 Å². The van der Waals surface area contributed by atoms with Gasteiger partial charge in [-0.25, -0.2) is 4.98 Å². The Morgan fingerprint density at radius 2 is 1.97 bits per heavy atom. The lowest BCUT2D eigenvalue weighted by molar-refractivity contribution is 0.159. The second-order valence-electron chi connectivity index (χ2n) is 7.80. The molecule has 3 aromatic heterocycles. The highest BCUT2D eigenvalue weighted by Gasteiger charge is 2.31.